The second kappa shape index (κ2) is 6.25. The summed E-state index contributed by atoms with van der Waals surface area (Å²) >= 11 is 0. The van der Waals surface area contributed by atoms with E-state index in [1.165, 1.54) is 18.5 Å². The molecule has 0 aliphatic heterocycles. The number of rotatable bonds is 4. The first-order valence-corrected chi connectivity index (χ1v) is 6.30. The van der Waals surface area contributed by atoms with Crippen LogP contribution in [-0.4, -0.2) is 21.9 Å². The van der Waals surface area contributed by atoms with Crippen molar-refractivity contribution in [3.05, 3.63) is 47.9 Å². The Morgan fingerprint density at radius 3 is 2.48 bits per heavy atom. The van der Waals surface area contributed by atoms with Gasteiger partial charge in [0.1, 0.15) is 11.5 Å². The molecule has 1 heterocycles. The average molecular weight is 292 g/mol. The predicted molar refractivity (Wildman–Crippen MR) is 74.3 cm³/mol. The van der Waals surface area contributed by atoms with E-state index in [0.29, 0.717) is 11.5 Å². The van der Waals surface area contributed by atoms with Crippen LogP contribution in [0.5, 0.6) is 0 Å². The summed E-state index contributed by atoms with van der Waals surface area (Å²) in [7, 11) is 0. The molecular formula is C14H14F2N4O. The highest BCUT2D eigenvalue weighted by Crippen LogP contribution is 2.16. The molecule has 0 bridgehead atoms. The zero-order valence-electron chi connectivity index (χ0n) is 11.5. The monoisotopic (exact) mass is 292 g/mol. The number of hydrogen-bond donors (Lipinski definition) is 2. The molecular weight excluding hydrogens is 278 g/mol. The van der Waals surface area contributed by atoms with E-state index >= 15 is 0 Å². The van der Waals surface area contributed by atoms with Crippen molar-refractivity contribution in [2.24, 2.45) is 0 Å². The van der Waals surface area contributed by atoms with Crippen molar-refractivity contribution in [3.8, 4) is 0 Å². The lowest BCUT2D eigenvalue weighted by Crippen LogP contribution is -2.30. The van der Waals surface area contributed by atoms with Gasteiger partial charge in [-0.05, 0) is 26.0 Å². The van der Waals surface area contributed by atoms with Crippen molar-refractivity contribution in [3.63, 3.8) is 0 Å². The summed E-state index contributed by atoms with van der Waals surface area (Å²) in [5, 5.41) is 5.46. The SMILES string of the molecule is CC(C)NC(=O)c1cnc(Nc2ccc(F)c(F)c2)cn1. The molecule has 7 heteroatoms. The molecule has 0 aliphatic carbocycles. The topological polar surface area (TPSA) is 66.9 Å². The van der Waals surface area contributed by atoms with Gasteiger partial charge in [0, 0.05) is 17.8 Å². The van der Waals surface area contributed by atoms with Crippen molar-refractivity contribution in [1.82, 2.24) is 15.3 Å². The number of carbonyl (C=O) groups is 1. The molecule has 2 N–H and O–H groups in total. The number of nitrogens with one attached hydrogen (secondary N) is 2. The summed E-state index contributed by atoms with van der Waals surface area (Å²) in [6, 6.07) is 3.39. The molecule has 2 rings (SSSR count). The highest BCUT2D eigenvalue weighted by atomic mass is 19.2. The number of nitrogens with zero attached hydrogens (tertiary/aromatic N) is 2. The standard InChI is InChI=1S/C14H14F2N4O/c1-8(2)19-14(21)12-6-18-13(7-17-12)20-9-3-4-10(15)11(16)5-9/h3-8H,1-2H3,(H,18,20)(H,19,21). The Bertz CT molecular complexity index is 644. The zero-order chi connectivity index (χ0) is 15.4. The Hall–Kier alpha value is -2.57. The molecule has 0 spiro atoms. The van der Waals surface area contributed by atoms with Gasteiger partial charge >= 0.3 is 0 Å². The number of hydrogen-bond acceptors (Lipinski definition) is 4. The lowest BCUT2D eigenvalue weighted by Gasteiger charge is -2.08. The van der Waals surface area contributed by atoms with Crippen LogP contribution in [0.15, 0.2) is 30.6 Å². The van der Waals surface area contributed by atoms with Crippen molar-refractivity contribution >= 4 is 17.4 Å². The van der Waals surface area contributed by atoms with E-state index in [0.717, 1.165) is 12.1 Å². The maximum atomic E-state index is 13.1. The van der Waals surface area contributed by atoms with E-state index < -0.39 is 11.6 Å². The fourth-order valence-electron chi connectivity index (χ4n) is 1.57. The first-order valence-electron chi connectivity index (χ1n) is 6.30. The quantitative estimate of drug-likeness (QED) is 0.909. The Labute approximate surface area is 120 Å². The summed E-state index contributed by atoms with van der Waals surface area (Å²) in [6.07, 6.45) is 2.65. The summed E-state index contributed by atoms with van der Waals surface area (Å²) in [5.41, 5.74) is 0.516. The normalized spacial score (nSPS) is 10.5. The van der Waals surface area contributed by atoms with Crippen LogP contribution >= 0.6 is 0 Å². The van der Waals surface area contributed by atoms with Gasteiger partial charge in [-0.1, -0.05) is 0 Å². The molecule has 0 atom stereocenters. The molecule has 1 amide bonds. The van der Waals surface area contributed by atoms with Gasteiger partial charge in [-0.25, -0.2) is 18.7 Å². The van der Waals surface area contributed by atoms with Gasteiger partial charge in [0.2, 0.25) is 0 Å². The summed E-state index contributed by atoms with van der Waals surface area (Å²) in [5.74, 6) is -1.88. The van der Waals surface area contributed by atoms with E-state index in [9.17, 15) is 13.6 Å². The molecule has 110 valence electrons. The molecule has 2 aromatic rings. The second-order valence-electron chi connectivity index (χ2n) is 4.67. The Balaban J connectivity index is 2.08. The van der Waals surface area contributed by atoms with Crippen LogP contribution in [0.1, 0.15) is 24.3 Å². The minimum absolute atomic E-state index is 0.000656. The zero-order valence-corrected chi connectivity index (χ0v) is 11.5. The third-order valence-electron chi connectivity index (χ3n) is 2.50. The second-order valence-corrected chi connectivity index (χ2v) is 4.67. The highest BCUT2D eigenvalue weighted by Gasteiger charge is 2.09. The van der Waals surface area contributed by atoms with Gasteiger partial charge in [-0.3, -0.25) is 4.79 Å². The van der Waals surface area contributed by atoms with E-state index in [2.05, 4.69) is 20.6 Å². The molecule has 5 nitrogen and oxygen atoms in total. The maximum Gasteiger partial charge on any atom is 0.271 e. The van der Waals surface area contributed by atoms with Crippen LogP contribution in [-0.2, 0) is 0 Å². The fraction of sp³-hybridized carbons (Fsp3) is 0.214. The van der Waals surface area contributed by atoms with Crippen molar-refractivity contribution in [2.45, 2.75) is 19.9 Å². The molecule has 0 fully saturated rings. The minimum atomic E-state index is -0.958. The number of amides is 1. The van der Waals surface area contributed by atoms with Gasteiger partial charge in [0.15, 0.2) is 11.6 Å². The first kappa shape index (κ1) is 14.8. The molecule has 0 aliphatic rings. The summed E-state index contributed by atoms with van der Waals surface area (Å²) in [6.45, 7) is 3.68. The van der Waals surface area contributed by atoms with E-state index in [-0.39, 0.29) is 17.6 Å². The Morgan fingerprint density at radius 2 is 1.90 bits per heavy atom. The first-order chi connectivity index (χ1) is 9.95. The molecule has 21 heavy (non-hydrogen) atoms. The number of aromatic nitrogens is 2. The van der Waals surface area contributed by atoms with E-state index in [4.69, 9.17) is 0 Å². The molecule has 0 saturated carbocycles. The largest absolute Gasteiger partial charge is 0.348 e. The maximum absolute atomic E-state index is 13.1. The highest BCUT2D eigenvalue weighted by molar-refractivity contribution is 5.92. The fourth-order valence-corrected chi connectivity index (χ4v) is 1.57. The van der Waals surface area contributed by atoms with Crippen LogP contribution in [0.3, 0.4) is 0 Å². The van der Waals surface area contributed by atoms with E-state index in [1.807, 2.05) is 13.8 Å². The van der Waals surface area contributed by atoms with Crippen LogP contribution in [0.2, 0.25) is 0 Å². The third kappa shape index (κ3) is 3.95. The third-order valence-corrected chi connectivity index (χ3v) is 2.50. The molecule has 0 unspecified atom stereocenters. The van der Waals surface area contributed by atoms with Crippen molar-refractivity contribution in [1.29, 1.82) is 0 Å². The summed E-state index contributed by atoms with van der Waals surface area (Å²) in [4.78, 5) is 19.6. The van der Waals surface area contributed by atoms with Crippen LogP contribution in [0, 0.1) is 11.6 Å². The lowest BCUT2D eigenvalue weighted by molar-refractivity contribution is 0.0937. The summed E-state index contributed by atoms with van der Waals surface area (Å²) < 4.78 is 25.9. The Kier molecular flexibility index (Phi) is 4.42. The number of carbonyl (C=O) groups excluding carboxylic acids is 1. The predicted octanol–water partition coefficient (Wildman–Crippen LogP) is 2.64. The van der Waals surface area contributed by atoms with Gasteiger partial charge in [0.05, 0.1) is 12.4 Å². The van der Waals surface area contributed by atoms with Gasteiger partial charge < -0.3 is 10.6 Å². The Morgan fingerprint density at radius 1 is 1.14 bits per heavy atom. The van der Waals surface area contributed by atoms with Gasteiger partial charge in [-0.15, -0.1) is 0 Å². The van der Waals surface area contributed by atoms with Crippen LogP contribution < -0.4 is 10.6 Å². The molecule has 1 aromatic heterocycles. The molecule has 0 radical (unpaired) electrons. The minimum Gasteiger partial charge on any atom is -0.348 e. The number of benzene rings is 1. The lowest BCUT2D eigenvalue weighted by atomic mass is 10.3. The van der Waals surface area contributed by atoms with Crippen LogP contribution in [0.25, 0.3) is 0 Å². The average Bonchev–Trinajstić information content (AvgIpc) is 2.43. The smallest absolute Gasteiger partial charge is 0.271 e. The molecule has 1 aromatic carbocycles. The van der Waals surface area contributed by atoms with Crippen molar-refractivity contribution < 1.29 is 13.6 Å². The van der Waals surface area contributed by atoms with Gasteiger partial charge in [0.25, 0.3) is 5.91 Å². The van der Waals surface area contributed by atoms with Gasteiger partial charge in [-0.2, -0.15) is 0 Å². The van der Waals surface area contributed by atoms with Crippen LogP contribution in [0.4, 0.5) is 20.3 Å². The number of anilines is 2. The number of halogens is 2. The van der Waals surface area contributed by atoms with Crippen molar-refractivity contribution in [2.75, 3.05) is 5.32 Å². The van der Waals surface area contributed by atoms with E-state index in [1.54, 1.807) is 0 Å². The molecule has 0 saturated heterocycles.